The van der Waals surface area contributed by atoms with Gasteiger partial charge in [-0.1, -0.05) is 46.3 Å². The van der Waals surface area contributed by atoms with E-state index in [2.05, 4.69) is 20.7 Å². The molecule has 0 radical (unpaired) electrons. The van der Waals surface area contributed by atoms with Crippen LogP contribution in [0.25, 0.3) is 0 Å². The van der Waals surface area contributed by atoms with Gasteiger partial charge in [-0.15, -0.1) is 0 Å². The molecule has 4 nitrogen and oxygen atoms in total. The van der Waals surface area contributed by atoms with Gasteiger partial charge in [-0.2, -0.15) is 0 Å². The first-order chi connectivity index (χ1) is 9.81. The maximum absolute atomic E-state index is 12.1. The molecule has 0 aliphatic carbocycles. The number of hydrogen-bond donors (Lipinski definition) is 2. The average molecular weight is 370 g/mol. The minimum atomic E-state index is -3.63. The van der Waals surface area contributed by atoms with E-state index >= 15 is 0 Å². The lowest BCUT2D eigenvalue weighted by Gasteiger charge is -2.24. The van der Waals surface area contributed by atoms with Crippen molar-refractivity contribution < 1.29 is 13.5 Å². The Morgan fingerprint density at radius 1 is 1.10 bits per heavy atom. The van der Waals surface area contributed by atoms with Gasteiger partial charge in [-0.05, 0) is 36.8 Å². The third-order valence-electron chi connectivity index (χ3n) is 3.13. The number of halogens is 1. The number of aliphatic hydroxyl groups is 1. The van der Waals surface area contributed by atoms with Crippen molar-refractivity contribution in [2.45, 2.75) is 17.4 Å². The predicted octanol–water partition coefficient (Wildman–Crippen LogP) is 2.64. The van der Waals surface area contributed by atoms with Gasteiger partial charge in [0.05, 0.1) is 4.90 Å². The van der Waals surface area contributed by atoms with Gasteiger partial charge >= 0.3 is 0 Å². The zero-order valence-electron chi connectivity index (χ0n) is 11.5. The summed E-state index contributed by atoms with van der Waals surface area (Å²) < 4.78 is 27.6. The van der Waals surface area contributed by atoms with E-state index in [0.29, 0.717) is 5.56 Å². The van der Waals surface area contributed by atoms with Crippen molar-refractivity contribution in [3.8, 4) is 0 Å². The van der Waals surface area contributed by atoms with Gasteiger partial charge < -0.3 is 5.11 Å². The van der Waals surface area contributed by atoms with Gasteiger partial charge in [-0.3, -0.25) is 0 Å². The van der Waals surface area contributed by atoms with Crippen LogP contribution in [0, 0.1) is 0 Å². The van der Waals surface area contributed by atoms with Crippen molar-refractivity contribution in [1.82, 2.24) is 4.72 Å². The van der Waals surface area contributed by atoms with Crippen LogP contribution < -0.4 is 4.72 Å². The first-order valence-corrected chi connectivity index (χ1v) is 8.62. The quantitative estimate of drug-likeness (QED) is 0.851. The third kappa shape index (κ3) is 4.14. The van der Waals surface area contributed by atoms with Crippen LogP contribution in [-0.2, 0) is 15.6 Å². The molecule has 0 aromatic heterocycles. The van der Waals surface area contributed by atoms with Gasteiger partial charge in [0.1, 0.15) is 5.60 Å². The maximum atomic E-state index is 12.1. The Bertz CT molecular complexity index is 697. The van der Waals surface area contributed by atoms with Gasteiger partial charge in [-0.25, -0.2) is 13.1 Å². The summed E-state index contributed by atoms with van der Waals surface area (Å²) in [6, 6.07) is 15.2. The van der Waals surface area contributed by atoms with Crippen LogP contribution in [0.15, 0.2) is 64.0 Å². The van der Waals surface area contributed by atoms with E-state index in [1.165, 1.54) is 12.1 Å². The summed E-state index contributed by atoms with van der Waals surface area (Å²) in [6.45, 7) is 1.47. The molecule has 2 N–H and O–H groups in total. The molecule has 2 aromatic carbocycles. The molecule has 0 saturated carbocycles. The van der Waals surface area contributed by atoms with Crippen LogP contribution >= 0.6 is 15.9 Å². The normalized spacial score (nSPS) is 14.6. The third-order valence-corrected chi connectivity index (χ3v) is 5.07. The molecule has 0 aliphatic heterocycles. The van der Waals surface area contributed by atoms with E-state index in [4.69, 9.17) is 0 Å². The van der Waals surface area contributed by atoms with Crippen molar-refractivity contribution in [2.24, 2.45) is 0 Å². The summed E-state index contributed by atoms with van der Waals surface area (Å²) in [5.74, 6) is 0. The van der Waals surface area contributed by atoms with E-state index in [1.807, 2.05) is 0 Å². The summed E-state index contributed by atoms with van der Waals surface area (Å²) in [7, 11) is -3.63. The molecule has 0 fully saturated rings. The highest BCUT2D eigenvalue weighted by molar-refractivity contribution is 9.10. The number of hydrogen-bond acceptors (Lipinski definition) is 3. The summed E-state index contributed by atoms with van der Waals surface area (Å²) in [5, 5.41) is 10.4. The Hall–Kier alpha value is -1.21. The van der Waals surface area contributed by atoms with Crippen LogP contribution in [0.3, 0.4) is 0 Å². The fourth-order valence-corrected chi connectivity index (χ4v) is 3.25. The molecular formula is C15H16BrNO3S. The Morgan fingerprint density at radius 2 is 1.67 bits per heavy atom. The second-order valence-electron chi connectivity index (χ2n) is 4.92. The topological polar surface area (TPSA) is 66.4 Å². The smallest absolute Gasteiger partial charge is 0.240 e. The largest absolute Gasteiger partial charge is 0.384 e. The fraction of sp³-hybridized carbons (Fsp3) is 0.200. The molecule has 0 bridgehead atoms. The molecule has 0 aliphatic rings. The highest BCUT2D eigenvalue weighted by Crippen LogP contribution is 2.22. The van der Waals surface area contributed by atoms with Crippen LogP contribution in [0.4, 0.5) is 0 Å². The van der Waals surface area contributed by atoms with Crippen molar-refractivity contribution >= 4 is 26.0 Å². The average Bonchev–Trinajstić information content (AvgIpc) is 2.47. The molecule has 21 heavy (non-hydrogen) atoms. The lowest BCUT2D eigenvalue weighted by molar-refractivity contribution is 0.0627. The number of nitrogens with one attached hydrogen (secondary N) is 1. The Kier molecular flexibility index (Phi) is 4.83. The first kappa shape index (κ1) is 16.2. The first-order valence-electron chi connectivity index (χ1n) is 6.34. The Morgan fingerprint density at radius 3 is 2.24 bits per heavy atom. The molecule has 2 rings (SSSR count). The van der Waals surface area contributed by atoms with E-state index in [0.717, 1.165) is 4.47 Å². The zero-order chi connectivity index (χ0) is 15.5. The van der Waals surface area contributed by atoms with Gasteiger partial charge in [0.25, 0.3) is 0 Å². The summed E-state index contributed by atoms with van der Waals surface area (Å²) in [5.41, 5.74) is -0.649. The lowest BCUT2D eigenvalue weighted by atomic mass is 9.97. The standard InChI is InChI=1S/C15H16BrNO3S/c1-15(18,12-7-9-13(16)10-8-12)11-17-21(19,20)14-5-3-2-4-6-14/h2-10,17-18H,11H2,1H3. The van der Waals surface area contributed by atoms with Crippen molar-refractivity contribution in [1.29, 1.82) is 0 Å². The summed E-state index contributed by atoms with van der Waals surface area (Å²) >= 11 is 3.32. The molecule has 2 aromatic rings. The zero-order valence-corrected chi connectivity index (χ0v) is 13.9. The Balaban J connectivity index is 2.13. The van der Waals surface area contributed by atoms with Crippen LogP contribution in [0.2, 0.25) is 0 Å². The molecule has 1 unspecified atom stereocenters. The van der Waals surface area contributed by atoms with Gasteiger partial charge in [0.2, 0.25) is 10.0 Å². The van der Waals surface area contributed by atoms with Crippen molar-refractivity contribution in [2.75, 3.05) is 6.54 Å². The monoisotopic (exact) mass is 369 g/mol. The Labute approximate surface area is 133 Å². The van der Waals surface area contributed by atoms with Gasteiger partial charge in [0, 0.05) is 11.0 Å². The summed E-state index contributed by atoms with van der Waals surface area (Å²) in [6.07, 6.45) is 0. The number of sulfonamides is 1. The number of benzene rings is 2. The van der Waals surface area contributed by atoms with Crippen LogP contribution in [-0.4, -0.2) is 20.1 Å². The molecule has 112 valence electrons. The molecule has 0 spiro atoms. The highest BCUT2D eigenvalue weighted by atomic mass is 79.9. The molecule has 6 heteroatoms. The molecule has 1 atom stereocenters. The number of rotatable bonds is 5. The minimum Gasteiger partial charge on any atom is -0.384 e. The fourth-order valence-electron chi connectivity index (χ4n) is 1.83. The molecule has 0 amide bonds. The van der Waals surface area contributed by atoms with E-state index in [9.17, 15) is 13.5 Å². The predicted molar refractivity (Wildman–Crippen MR) is 85.3 cm³/mol. The summed E-state index contributed by atoms with van der Waals surface area (Å²) in [4.78, 5) is 0.177. The lowest BCUT2D eigenvalue weighted by Crippen LogP contribution is -2.38. The second-order valence-corrected chi connectivity index (χ2v) is 7.60. The highest BCUT2D eigenvalue weighted by Gasteiger charge is 2.26. The minimum absolute atomic E-state index is 0.105. The van der Waals surface area contributed by atoms with Crippen LogP contribution in [0.1, 0.15) is 12.5 Å². The second kappa shape index (κ2) is 6.27. The molecule has 0 heterocycles. The van der Waals surface area contributed by atoms with Gasteiger partial charge in [0.15, 0.2) is 0 Å². The molecule has 0 saturated heterocycles. The maximum Gasteiger partial charge on any atom is 0.240 e. The van der Waals surface area contributed by atoms with E-state index < -0.39 is 15.6 Å². The van der Waals surface area contributed by atoms with Crippen molar-refractivity contribution in [3.63, 3.8) is 0 Å². The van der Waals surface area contributed by atoms with E-state index in [1.54, 1.807) is 49.4 Å². The molecular weight excluding hydrogens is 354 g/mol. The van der Waals surface area contributed by atoms with E-state index in [-0.39, 0.29) is 11.4 Å². The van der Waals surface area contributed by atoms with Crippen LogP contribution in [0.5, 0.6) is 0 Å². The SMILES string of the molecule is CC(O)(CNS(=O)(=O)c1ccccc1)c1ccc(Br)cc1. The van der Waals surface area contributed by atoms with Crippen molar-refractivity contribution in [3.05, 3.63) is 64.6 Å².